The van der Waals surface area contributed by atoms with Gasteiger partial charge in [0.05, 0.1) is 6.26 Å². The summed E-state index contributed by atoms with van der Waals surface area (Å²) in [6, 6.07) is 11.4. The number of carbonyl (C=O) groups excluding carboxylic acids is 1. The van der Waals surface area contributed by atoms with E-state index in [2.05, 4.69) is 5.32 Å². The molecule has 0 saturated carbocycles. The zero-order valence-electron chi connectivity index (χ0n) is 14.4. The van der Waals surface area contributed by atoms with Gasteiger partial charge in [0.15, 0.2) is 5.76 Å². The number of amides is 1. The quantitative estimate of drug-likeness (QED) is 0.854. The lowest BCUT2D eigenvalue weighted by atomic mass is 9.97. The molecule has 0 spiro atoms. The van der Waals surface area contributed by atoms with Crippen LogP contribution in [-0.2, 0) is 6.61 Å². The molecular formula is C19H25ClN2O3. The molecule has 6 heteroatoms. The molecule has 1 unspecified atom stereocenters. The maximum atomic E-state index is 12.8. The van der Waals surface area contributed by atoms with Crippen LogP contribution in [0.5, 0.6) is 5.75 Å². The van der Waals surface area contributed by atoms with Gasteiger partial charge in [0, 0.05) is 18.7 Å². The summed E-state index contributed by atoms with van der Waals surface area (Å²) in [5.74, 6) is 1.65. The van der Waals surface area contributed by atoms with Gasteiger partial charge in [-0.3, -0.25) is 4.79 Å². The van der Waals surface area contributed by atoms with Gasteiger partial charge in [-0.25, -0.2) is 0 Å². The van der Waals surface area contributed by atoms with Crippen molar-refractivity contribution >= 4 is 18.3 Å². The molecule has 1 aromatic carbocycles. The van der Waals surface area contributed by atoms with E-state index in [-0.39, 0.29) is 18.3 Å². The van der Waals surface area contributed by atoms with Crippen LogP contribution in [0.15, 0.2) is 47.1 Å². The average molecular weight is 365 g/mol. The second-order valence-electron chi connectivity index (χ2n) is 6.19. The molecule has 0 bridgehead atoms. The van der Waals surface area contributed by atoms with E-state index in [9.17, 15) is 4.79 Å². The molecule has 1 atom stereocenters. The van der Waals surface area contributed by atoms with E-state index < -0.39 is 0 Å². The molecular weight excluding hydrogens is 340 g/mol. The lowest BCUT2D eigenvalue weighted by Gasteiger charge is -2.32. The molecule has 1 N–H and O–H groups in total. The molecule has 0 radical (unpaired) electrons. The van der Waals surface area contributed by atoms with Crippen molar-refractivity contribution in [2.24, 2.45) is 5.92 Å². The molecule has 1 saturated heterocycles. The summed E-state index contributed by atoms with van der Waals surface area (Å²) in [4.78, 5) is 14.7. The predicted molar refractivity (Wildman–Crippen MR) is 99.3 cm³/mol. The van der Waals surface area contributed by atoms with Crippen molar-refractivity contribution in [1.29, 1.82) is 0 Å². The van der Waals surface area contributed by atoms with Crippen molar-refractivity contribution in [3.05, 3.63) is 54.0 Å². The van der Waals surface area contributed by atoms with E-state index in [0.29, 0.717) is 18.3 Å². The summed E-state index contributed by atoms with van der Waals surface area (Å²) in [5.41, 5.74) is 0.791. The van der Waals surface area contributed by atoms with E-state index in [1.165, 1.54) is 0 Å². The Hall–Kier alpha value is -1.98. The Bertz CT molecular complexity index is 658. The van der Waals surface area contributed by atoms with Gasteiger partial charge in [-0.05, 0) is 50.6 Å². The predicted octanol–water partition coefficient (Wildman–Crippen LogP) is 3.35. The highest BCUT2D eigenvalue weighted by Gasteiger charge is 2.27. The number of para-hydroxylation sites is 1. The van der Waals surface area contributed by atoms with Crippen LogP contribution in [0.4, 0.5) is 0 Å². The Kier molecular flexibility index (Phi) is 7.34. The van der Waals surface area contributed by atoms with Gasteiger partial charge in [0.25, 0.3) is 5.91 Å². The third-order valence-electron chi connectivity index (χ3n) is 4.38. The largest absolute Gasteiger partial charge is 0.489 e. The van der Waals surface area contributed by atoms with Crippen molar-refractivity contribution in [1.82, 2.24) is 10.2 Å². The number of likely N-dealkylation sites (tertiary alicyclic amines) is 1. The topological polar surface area (TPSA) is 54.7 Å². The number of nitrogens with zero attached hydrogens (tertiary/aromatic N) is 1. The highest BCUT2D eigenvalue weighted by Crippen LogP contribution is 2.21. The minimum absolute atomic E-state index is 0. The van der Waals surface area contributed by atoms with Gasteiger partial charge in [-0.15, -0.1) is 12.4 Å². The van der Waals surface area contributed by atoms with Crippen LogP contribution in [0.3, 0.4) is 0 Å². The van der Waals surface area contributed by atoms with Crippen LogP contribution in [0, 0.1) is 5.92 Å². The molecule has 1 aliphatic heterocycles. The minimum Gasteiger partial charge on any atom is -0.489 e. The number of ether oxygens (including phenoxy) is 1. The van der Waals surface area contributed by atoms with Gasteiger partial charge in [-0.1, -0.05) is 18.2 Å². The summed E-state index contributed by atoms with van der Waals surface area (Å²) in [7, 11) is 1.95. The fourth-order valence-electron chi connectivity index (χ4n) is 3.16. The highest BCUT2D eigenvalue weighted by atomic mass is 35.5. The summed E-state index contributed by atoms with van der Waals surface area (Å²) in [6.07, 6.45) is 3.76. The Labute approximate surface area is 154 Å². The molecule has 25 heavy (non-hydrogen) atoms. The highest BCUT2D eigenvalue weighted by molar-refractivity contribution is 5.93. The van der Waals surface area contributed by atoms with Crippen molar-refractivity contribution in [3.63, 3.8) is 0 Å². The maximum Gasteiger partial charge on any atom is 0.289 e. The first kappa shape index (κ1) is 19.3. The van der Waals surface area contributed by atoms with Crippen molar-refractivity contribution in [3.8, 4) is 5.75 Å². The van der Waals surface area contributed by atoms with Crippen LogP contribution in [0.25, 0.3) is 0 Å². The second kappa shape index (κ2) is 9.49. The fraction of sp³-hybridized carbons (Fsp3) is 0.421. The zero-order valence-corrected chi connectivity index (χ0v) is 15.3. The van der Waals surface area contributed by atoms with Crippen molar-refractivity contribution in [2.75, 3.05) is 26.7 Å². The lowest BCUT2D eigenvalue weighted by Crippen LogP contribution is -2.42. The molecule has 2 heterocycles. The van der Waals surface area contributed by atoms with Gasteiger partial charge < -0.3 is 19.4 Å². The first-order valence-corrected chi connectivity index (χ1v) is 8.46. The van der Waals surface area contributed by atoms with Crippen LogP contribution in [-0.4, -0.2) is 37.5 Å². The molecule has 1 aliphatic rings. The number of rotatable bonds is 6. The third-order valence-corrected chi connectivity index (χ3v) is 4.38. The van der Waals surface area contributed by atoms with Gasteiger partial charge >= 0.3 is 0 Å². The van der Waals surface area contributed by atoms with Crippen LogP contribution in [0.2, 0.25) is 0 Å². The molecule has 1 fully saturated rings. The SMILES string of the molecule is CNCC1CCCN(C(=O)c2occc2COc2ccccc2)C1.Cl. The average Bonchev–Trinajstić information content (AvgIpc) is 3.09. The van der Waals surface area contributed by atoms with Crippen molar-refractivity contribution in [2.45, 2.75) is 19.4 Å². The summed E-state index contributed by atoms with van der Waals surface area (Å²) < 4.78 is 11.2. The standard InChI is InChI=1S/C19H24N2O3.ClH/c1-20-12-15-6-5-10-21(13-15)19(22)18-16(9-11-23-18)14-24-17-7-3-2-4-8-17;/h2-4,7-9,11,15,20H,5-6,10,12-14H2,1H3;1H. The molecule has 3 rings (SSSR count). The van der Waals surface area contributed by atoms with Crippen LogP contribution in [0.1, 0.15) is 29.0 Å². The number of hydrogen-bond acceptors (Lipinski definition) is 4. The molecule has 0 aliphatic carbocycles. The lowest BCUT2D eigenvalue weighted by molar-refractivity contribution is 0.0638. The maximum absolute atomic E-state index is 12.8. The minimum atomic E-state index is -0.0348. The molecule has 5 nitrogen and oxygen atoms in total. The van der Waals surface area contributed by atoms with E-state index in [1.54, 1.807) is 6.26 Å². The number of halogens is 1. The number of benzene rings is 1. The summed E-state index contributed by atoms with van der Waals surface area (Å²) in [6.45, 7) is 2.83. The Balaban J connectivity index is 0.00000225. The zero-order chi connectivity index (χ0) is 16.8. The monoisotopic (exact) mass is 364 g/mol. The number of piperidine rings is 1. The third kappa shape index (κ3) is 5.00. The summed E-state index contributed by atoms with van der Waals surface area (Å²) >= 11 is 0. The van der Waals surface area contributed by atoms with Gasteiger partial charge in [-0.2, -0.15) is 0 Å². The molecule has 136 valence electrons. The summed E-state index contributed by atoms with van der Waals surface area (Å²) in [5, 5.41) is 3.20. The Morgan fingerprint density at radius 1 is 1.32 bits per heavy atom. The Morgan fingerprint density at radius 2 is 2.12 bits per heavy atom. The number of nitrogens with one attached hydrogen (secondary N) is 1. The first-order valence-electron chi connectivity index (χ1n) is 8.46. The number of furan rings is 1. The second-order valence-corrected chi connectivity index (χ2v) is 6.19. The first-order chi connectivity index (χ1) is 11.8. The van der Waals surface area contributed by atoms with Crippen LogP contribution < -0.4 is 10.1 Å². The number of carbonyl (C=O) groups is 1. The smallest absolute Gasteiger partial charge is 0.289 e. The van der Waals surface area contributed by atoms with Gasteiger partial charge in [0.2, 0.25) is 0 Å². The van der Waals surface area contributed by atoms with Gasteiger partial charge in [0.1, 0.15) is 12.4 Å². The Morgan fingerprint density at radius 3 is 2.88 bits per heavy atom. The fourth-order valence-corrected chi connectivity index (χ4v) is 3.16. The van der Waals surface area contributed by atoms with E-state index in [4.69, 9.17) is 9.15 Å². The molecule has 1 aromatic heterocycles. The van der Waals surface area contributed by atoms with Crippen LogP contribution >= 0.6 is 12.4 Å². The van der Waals surface area contributed by atoms with E-state index >= 15 is 0 Å². The van der Waals surface area contributed by atoms with E-state index in [0.717, 1.165) is 43.8 Å². The van der Waals surface area contributed by atoms with E-state index in [1.807, 2.05) is 48.3 Å². The molecule has 2 aromatic rings. The number of hydrogen-bond donors (Lipinski definition) is 1. The normalized spacial score (nSPS) is 17.0. The molecule has 1 amide bonds. The van der Waals surface area contributed by atoms with Crippen molar-refractivity contribution < 1.29 is 13.9 Å².